The highest BCUT2D eigenvalue weighted by Crippen LogP contribution is 2.50. The van der Waals surface area contributed by atoms with Crippen molar-refractivity contribution in [3.05, 3.63) is 53.6 Å². The molecule has 0 spiro atoms. The number of fused-ring (bicyclic) bond motifs is 2. The third-order valence-corrected chi connectivity index (χ3v) is 6.94. The maximum Gasteiger partial charge on any atom is 0.266 e. The van der Waals surface area contributed by atoms with Gasteiger partial charge < -0.3 is 14.5 Å². The lowest BCUT2D eigenvalue weighted by Gasteiger charge is -2.45. The number of benzene rings is 1. The summed E-state index contributed by atoms with van der Waals surface area (Å²) < 4.78 is 18.8. The molecule has 8 heteroatoms. The first-order valence-electron chi connectivity index (χ1n) is 10.7. The van der Waals surface area contributed by atoms with E-state index >= 15 is 0 Å². The summed E-state index contributed by atoms with van der Waals surface area (Å²) in [4.78, 5) is 27.4. The number of allylic oxidation sites excluding steroid dienone is 2. The van der Waals surface area contributed by atoms with E-state index in [4.69, 9.17) is 4.52 Å². The Morgan fingerprint density at radius 1 is 1.29 bits per heavy atom. The number of hydrogen-bond acceptors (Lipinski definition) is 6. The molecule has 162 valence electrons. The number of aromatic nitrogens is 1. The molecule has 3 heterocycles. The predicted molar refractivity (Wildman–Crippen MR) is 110 cm³/mol. The van der Waals surface area contributed by atoms with Gasteiger partial charge in [0, 0.05) is 30.5 Å². The number of imide groups is 1. The molecular formula is C23H24FN3O4. The smallest absolute Gasteiger partial charge is 0.266 e. The summed E-state index contributed by atoms with van der Waals surface area (Å²) in [6.45, 7) is 3.11. The molecule has 2 saturated heterocycles. The van der Waals surface area contributed by atoms with Gasteiger partial charge in [-0.05, 0) is 37.5 Å². The third-order valence-electron chi connectivity index (χ3n) is 6.94. The fourth-order valence-electron chi connectivity index (χ4n) is 5.36. The number of likely N-dealkylation sites (tertiary alicyclic amines) is 1. The van der Waals surface area contributed by atoms with E-state index in [-0.39, 0.29) is 11.7 Å². The van der Waals surface area contributed by atoms with Crippen LogP contribution in [0.15, 0.2) is 46.6 Å². The van der Waals surface area contributed by atoms with Gasteiger partial charge in [0.1, 0.15) is 11.2 Å². The van der Waals surface area contributed by atoms with Crippen LogP contribution in [0, 0.1) is 11.2 Å². The lowest BCUT2D eigenvalue weighted by atomic mass is 9.66. The Morgan fingerprint density at radius 2 is 2.06 bits per heavy atom. The first-order chi connectivity index (χ1) is 14.9. The molecule has 2 aliphatic heterocycles. The third kappa shape index (κ3) is 2.70. The molecule has 2 atom stereocenters. The van der Waals surface area contributed by atoms with Gasteiger partial charge in [0.25, 0.3) is 5.91 Å². The summed E-state index contributed by atoms with van der Waals surface area (Å²) in [7, 11) is 0. The van der Waals surface area contributed by atoms with E-state index in [0.717, 1.165) is 23.9 Å². The summed E-state index contributed by atoms with van der Waals surface area (Å²) in [6.07, 6.45) is 7.66. The summed E-state index contributed by atoms with van der Waals surface area (Å²) in [6, 6.07) is 4.42. The zero-order chi connectivity index (χ0) is 21.8. The molecule has 0 bridgehead atoms. The van der Waals surface area contributed by atoms with E-state index < -0.39 is 22.8 Å². The van der Waals surface area contributed by atoms with Crippen LogP contribution in [-0.4, -0.2) is 45.7 Å². The molecule has 1 aliphatic carbocycles. The van der Waals surface area contributed by atoms with Gasteiger partial charge in [-0.25, -0.2) is 4.39 Å². The zero-order valence-electron chi connectivity index (χ0n) is 17.2. The van der Waals surface area contributed by atoms with Crippen LogP contribution in [0.3, 0.4) is 0 Å². The summed E-state index contributed by atoms with van der Waals surface area (Å²) in [5, 5.41) is 18.9. The SMILES string of the molecule is CCCC12C=CC=C(N3CCC(c4noc5cc(F)ccc45)CC3)C1(O)C(=O)NC2=O. The molecule has 2 unspecified atom stereocenters. The van der Waals surface area contributed by atoms with Crippen LogP contribution in [0.1, 0.15) is 44.2 Å². The van der Waals surface area contributed by atoms with Gasteiger partial charge in [0.05, 0.1) is 11.4 Å². The van der Waals surface area contributed by atoms with Gasteiger partial charge >= 0.3 is 0 Å². The highest BCUT2D eigenvalue weighted by atomic mass is 19.1. The molecule has 5 rings (SSSR count). The second-order valence-electron chi connectivity index (χ2n) is 8.60. The molecule has 0 saturated carbocycles. The van der Waals surface area contributed by atoms with E-state index in [0.29, 0.717) is 37.2 Å². The van der Waals surface area contributed by atoms with Crippen molar-refractivity contribution in [2.24, 2.45) is 5.41 Å². The Hall–Kier alpha value is -3.00. The average Bonchev–Trinajstić information content (AvgIpc) is 3.25. The van der Waals surface area contributed by atoms with Gasteiger partial charge in [-0.15, -0.1) is 0 Å². The molecule has 3 aliphatic rings. The van der Waals surface area contributed by atoms with Crippen LogP contribution in [0.5, 0.6) is 0 Å². The molecule has 2 aromatic rings. The van der Waals surface area contributed by atoms with Crippen LogP contribution in [0.2, 0.25) is 0 Å². The normalized spacial score (nSPS) is 28.7. The second-order valence-corrected chi connectivity index (χ2v) is 8.60. The average molecular weight is 425 g/mol. The Labute approximate surface area is 178 Å². The van der Waals surface area contributed by atoms with Gasteiger partial charge in [-0.3, -0.25) is 14.9 Å². The van der Waals surface area contributed by atoms with Gasteiger partial charge in [-0.1, -0.05) is 30.7 Å². The molecule has 0 radical (unpaired) electrons. The number of nitrogens with one attached hydrogen (secondary N) is 1. The Kier molecular flexibility index (Phi) is 4.51. The topological polar surface area (TPSA) is 95.7 Å². The van der Waals surface area contributed by atoms with Crippen molar-refractivity contribution in [1.29, 1.82) is 0 Å². The predicted octanol–water partition coefficient (Wildman–Crippen LogP) is 2.77. The lowest BCUT2D eigenvalue weighted by molar-refractivity contribution is -0.142. The van der Waals surface area contributed by atoms with E-state index in [1.165, 1.54) is 12.1 Å². The fourth-order valence-corrected chi connectivity index (χ4v) is 5.36. The lowest BCUT2D eigenvalue weighted by Crippen LogP contribution is -2.57. The van der Waals surface area contributed by atoms with E-state index in [1.54, 1.807) is 24.3 Å². The van der Waals surface area contributed by atoms with Crippen molar-refractivity contribution in [2.45, 2.75) is 44.1 Å². The van der Waals surface area contributed by atoms with Crippen molar-refractivity contribution in [3.8, 4) is 0 Å². The number of carbonyl (C=O) groups excluding carboxylic acids is 2. The number of rotatable bonds is 4. The molecule has 2 fully saturated rings. The molecular weight excluding hydrogens is 401 g/mol. The summed E-state index contributed by atoms with van der Waals surface area (Å²) in [5.74, 6) is -1.35. The molecule has 2 N–H and O–H groups in total. The molecule has 31 heavy (non-hydrogen) atoms. The Bertz CT molecular complexity index is 1130. The minimum atomic E-state index is -1.90. The van der Waals surface area contributed by atoms with E-state index in [2.05, 4.69) is 10.5 Å². The van der Waals surface area contributed by atoms with Crippen LogP contribution in [0.25, 0.3) is 11.0 Å². The van der Waals surface area contributed by atoms with Gasteiger partial charge in [0.15, 0.2) is 5.58 Å². The maximum absolute atomic E-state index is 13.4. The van der Waals surface area contributed by atoms with Crippen molar-refractivity contribution in [2.75, 3.05) is 13.1 Å². The molecule has 1 aromatic heterocycles. The standard InChI is InChI=1S/C23H24FN3O4/c1-2-9-22-10-3-4-18(23(22,30)21(29)25-20(22)28)27-11-7-14(8-12-27)19-16-6-5-15(24)13-17(16)31-26-19/h3-6,10,13-14,30H,2,7-9,11-12H2,1H3,(H,25,28,29). The maximum atomic E-state index is 13.4. The highest BCUT2D eigenvalue weighted by molar-refractivity contribution is 6.14. The van der Waals surface area contributed by atoms with Crippen molar-refractivity contribution >= 4 is 22.8 Å². The van der Waals surface area contributed by atoms with E-state index in [9.17, 15) is 19.1 Å². The monoisotopic (exact) mass is 425 g/mol. The van der Waals surface area contributed by atoms with Gasteiger partial charge in [-0.2, -0.15) is 0 Å². The Morgan fingerprint density at radius 3 is 2.81 bits per heavy atom. The molecule has 1 aromatic carbocycles. The van der Waals surface area contributed by atoms with Crippen molar-refractivity contribution in [3.63, 3.8) is 0 Å². The minimum Gasteiger partial charge on any atom is -0.373 e. The molecule has 7 nitrogen and oxygen atoms in total. The van der Waals surface area contributed by atoms with E-state index in [1.807, 2.05) is 11.8 Å². The van der Waals surface area contributed by atoms with Crippen LogP contribution < -0.4 is 5.32 Å². The fraction of sp³-hybridized carbons (Fsp3) is 0.435. The second kappa shape index (κ2) is 7.02. The number of nitrogens with zero attached hydrogens (tertiary/aromatic N) is 2. The quantitative estimate of drug-likeness (QED) is 0.732. The van der Waals surface area contributed by atoms with Gasteiger partial charge in [0.2, 0.25) is 11.5 Å². The number of piperidine rings is 1. The first kappa shape index (κ1) is 19.9. The number of carbonyl (C=O) groups is 2. The first-order valence-corrected chi connectivity index (χ1v) is 10.7. The number of aliphatic hydroxyl groups is 1. The molecule has 2 amide bonds. The summed E-state index contributed by atoms with van der Waals surface area (Å²) >= 11 is 0. The zero-order valence-corrected chi connectivity index (χ0v) is 17.2. The van der Waals surface area contributed by atoms with Crippen LogP contribution >= 0.6 is 0 Å². The van der Waals surface area contributed by atoms with Crippen molar-refractivity contribution in [1.82, 2.24) is 15.4 Å². The number of halogens is 1. The summed E-state index contributed by atoms with van der Waals surface area (Å²) in [5.41, 5.74) is -1.47. The Balaban J connectivity index is 1.40. The minimum absolute atomic E-state index is 0.122. The highest BCUT2D eigenvalue weighted by Gasteiger charge is 2.67. The van der Waals surface area contributed by atoms with Crippen LogP contribution in [0.4, 0.5) is 4.39 Å². The largest absolute Gasteiger partial charge is 0.373 e. The van der Waals surface area contributed by atoms with Crippen molar-refractivity contribution < 1.29 is 23.6 Å². The van der Waals surface area contributed by atoms with Crippen LogP contribution in [-0.2, 0) is 9.59 Å². The number of hydrogen-bond donors (Lipinski definition) is 2. The number of amides is 2.